The maximum absolute atomic E-state index is 6.28. The van der Waals surface area contributed by atoms with E-state index in [0.717, 1.165) is 11.0 Å². The summed E-state index contributed by atoms with van der Waals surface area (Å²) in [5.74, 6) is 0. The van der Waals surface area contributed by atoms with Gasteiger partial charge in [0.25, 0.3) is 0 Å². The van der Waals surface area contributed by atoms with E-state index in [1.807, 2.05) is 13.8 Å². The van der Waals surface area contributed by atoms with E-state index in [1.54, 1.807) is 0 Å². The molecule has 0 radical (unpaired) electrons. The van der Waals surface area contributed by atoms with Crippen molar-refractivity contribution in [2.24, 2.45) is 0 Å². The summed E-state index contributed by atoms with van der Waals surface area (Å²) in [5.41, 5.74) is 1.58. The van der Waals surface area contributed by atoms with Crippen molar-refractivity contribution in [2.75, 3.05) is 12.5 Å². The van der Waals surface area contributed by atoms with Crippen LogP contribution in [0, 0.1) is 0 Å². The van der Waals surface area contributed by atoms with E-state index in [-0.39, 0.29) is 23.1 Å². The van der Waals surface area contributed by atoms with Crippen molar-refractivity contribution in [3.63, 3.8) is 0 Å². The summed E-state index contributed by atoms with van der Waals surface area (Å²) in [7, 11) is -1.45. The lowest BCUT2D eigenvalue weighted by Gasteiger charge is -2.43. The molecule has 1 aliphatic rings. The van der Waals surface area contributed by atoms with Crippen molar-refractivity contribution in [2.45, 2.75) is 84.9 Å². The molecule has 3 nitrogen and oxygen atoms in total. The van der Waals surface area contributed by atoms with Crippen LogP contribution in [0.1, 0.15) is 67.9 Å². The standard InChI is InChI=1S/C19H33BO3S.C2H6/c1-17(2,3)24(8,9)21-14-15-11-10-12-16(13-15)20-22-18(4,5)19(6,7)23-20;1-2/h10-13H,14H2,1-9H3;1-2H3. The molecule has 1 fully saturated rings. The third-order valence-corrected chi connectivity index (χ3v) is 9.13. The van der Waals surface area contributed by atoms with E-state index in [2.05, 4.69) is 85.2 Å². The van der Waals surface area contributed by atoms with Crippen molar-refractivity contribution in [3.05, 3.63) is 29.8 Å². The Bertz CT molecular complexity index is 575. The van der Waals surface area contributed by atoms with Gasteiger partial charge in [-0.25, -0.2) is 0 Å². The smallest absolute Gasteiger partial charge is 0.399 e. The molecule has 26 heavy (non-hydrogen) atoms. The molecule has 0 unspecified atom stereocenters. The topological polar surface area (TPSA) is 27.7 Å². The molecular formula is C21H39BO3S. The van der Waals surface area contributed by atoms with Crippen LogP contribution < -0.4 is 5.46 Å². The minimum atomic E-state index is -1.13. The van der Waals surface area contributed by atoms with E-state index >= 15 is 0 Å². The summed E-state index contributed by atoms with van der Waals surface area (Å²) in [6.07, 6.45) is 4.45. The van der Waals surface area contributed by atoms with Crippen molar-refractivity contribution in [1.82, 2.24) is 0 Å². The van der Waals surface area contributed by atoms with Crippen LogP contribution in [-0.4, -0.2) is 35.6 Å². The zero-order chi connectivity index (χ0) is 20.4. The summed E-state index contributed by atoms with van der Waals surface area (Å²) in [6.45, 7) is 19.6. The van der Waals surface area contributed by atoms with Gasteiger partial charge in [0.1, 0.15) is 0 Å². The van der Waals surface area contributed by atoms with Crippen molar-refractivity contribution in [1.29, 1.82) is 0 Å². The first-order valence-electron chi connectivity index (χ1n) is 9.57. The molecule has 5 heteroatoms. The van der Waals surface area contributed by atoms with Gasteiger partial charge < -0.3 is 13.5 Å². The number of hydrogen-bond acceptors (Lipinski definition) is 3. The van der Waals surface area contributed by atoms with Crippen molar-refractivity contribution >= 4 is 22.9 Å². The molecule has 0 atom stereocenters. The Morgan fingerprint density at radius 2 is 1.50 bits per heavy atom. The Balaban J connectivity index is 0.00000163. The van der Waals surface area contributed by atoms with E-state index in [9.17, 15) is 0 Å². The first-order valence-corrected chi connectivity index (χ1v) is 11.9. The third kappa shape index (κ3) is 5.28. The predicted molar refractivity (Wildman–Crippen MR) is 117 cm³/mol. The molecule has 1 aromatic carbocycles. The first kappa shape index (κ1) is 23.6. The summed E-state index contributed by atoms with van der Waals surface area (Å²) in [6, 6.07) is 8.36. The van der Waals surface area contributed by atoms with E-state index in [0.29, 0.717) is 6.61 Å². The molecule has 0 spiro atoms. The van der Waals surface area contributed by atoms with Crippen LogP contribution in [0.3, 0.4) is 0 Å². The van der Waals surface area contributed by atoms with Crippen LogP contribution >= 0.6 is 10.3 Å². The Kier molecular flexibility index (Phi) is 7.48. The van der Waals surface area contributed by atoms with Crippen molar-refractivity contribution in [3.8, 4) is 0 Å². The van der Waals surface area contributed by atoms with Gasteiger partial charge in [0.15, 0.2) is 0 Å². The lowest BCUT2D eigenvalue weighted by Crippen LogP contribution is -2.41. The quantitative estimate of drug-likeness (QED) is 0.661. The molecule has 0 amide bonds. The van der Waals surface area contributed by atoms with Crippen LogP contribution in [0.2, 0.25) is 0 Å². The van der Waals surface area contributed by atoms with Crippen LogP contribution in [0.15, 0.2) is 24.3 Å². The number of rotatable bonds is 4. The zero-order valence-corrected chi connectivity index (χ0v) is 19.5. The molecule has 2 rings (SSSR count). The average Bonchev–Trinajstić information content (AvgIpc) is 2.75. The normalized spacial score (nSPS) is 19.7. The molecule has 0 saturated carbocycles. The van der Waals surface area contributed by atoms with Gasteiger partial charge >= 0.3 is 7.12 Å². The maximum Gasteiger partial charge on any atom is 0.494 e. The lowest BCUT2D eigenvalue weighted by molar-refractivity contribution is 0.00578. The fourth-order valence-corrected chi connectivity index (χ4v) is 2.99. The van der Waals surface area contributed by atoms with E-state index in [1.165, 1.54) is 0 Å². The van der Waals surface area contributed by atoms with Gasteiger partial charge in [0.05, 0.1) is 17.8 Å². The Hall–Kier alpha value is -0.485. The van der Waals surface area contributed by atoms with Gasteiger partial charge in [-0.3, -0.25) is 0 Å². The van der Waals surface area contributed by atoms with Gasteiger partial charge in [-0.1, -0.05) is 58.9 Å². The van der Waals surface area contributed by atoms with Gasteiger partial charge in [-0.15, -0.1) is 10.3 Å². The van der Waals surface area contributed by atoms with Crippen LogP contribution in [0.5, 0.6) is 0 Å². The third-order valence-electron chi connectivity index (χ3n) is 5.47. The molecule has 1 aliphatic heterocycles. The second-order valence-electron chi connectivity index (χ2n) is 8.94. The van der Waals surface area contributed by atoms with Gasteiger partial charge in [0, 0.05) is 4.75 Å². The second kappa shape index (κ2) is 8.26. The lowest BCUT2D eigenvalue weighted by atomic mass is 9.78. The molecular weight excluding hydrogens is 343 g/mol. The van der Waals surface area contributed by atoms with Crippen LogP contribution in [-0.2, 0) is 20.1 Å². The summed E-state index contributed by atoms with van der Waals surface area (Å²) in [5, 5.41) is 0. The zero-order valence-electron chi connectivity index (χ0n) is 18.7. The van der Waals surface area contributed by atoms with Gasteiger partial charge in [-0.05, 0) is 51.2 Å². The predicted octanol–water partition coefficient (Wildman–Crippen LogP) is 5.31. The molecule has 0 aliphatic carbocycles. The van der Waals surface area contributed by atoms with Crippen LogP contribution in [0.25, 0.3) is 0 Å². The van der Waals surface area contributed by atoms with E-state index in [4.69, 9.17) is 13.5 Å². The maximum atomic E-state index is 6.28. The molecule has 1 aromatic rings. The summed E-state index contributed by atoms with van der Waals surface area (Å²) in [4.78, 5) is 0. The average molecular weight is 382 g/mol. The fourth-order valence-electron chi connectivity index (χ4n) is 2.20. The van der Waals surface area contributed by atoms with Gasteiger partial charge in [0.2, 0.25) is 0 Å². The Labute approximate surface area is 163 Å². The minimum Gasteiger partial charge on any atom is -0.399 e. The largest absolute Gasteiger partial charge is 0.494 e. The highest BCUT2D eigenvalue weighted by Crippen LogP contribution is 2.54. The van der Waals surface area contributed by atoms with Crippen LogP contribution in [0.4, 0.5) is 0 Å². The Morgan fingerprint density at radius 1 is 1.00 bits per heavy atom. The summed E-state index contributed by atoms with van der Waals surface area (Å²) >= 11 is 0. The Morgan fingerprint density at radius 3 is 1.96 bits per heavy atom. The SMILES string of the molecule is CC.CC1(C)OB(c2cccc(COS(C)(C)C(C)(C)C)c2)OC1(C)C. The fraction of sp³-hybridized carbons (Fsp3) is 0.714. The molecule has 0 N–H and O–H groups in total. The molecule has 1 heterocycles. The highest BCUT2D eigenvalue weighted by Gasteiger charge is 2.51. The van der Waals surface area contributed by atoms with Crippen molar-refractivity contribution < 1.29 is 13.5 Å². The minimum absolute atomic E-state index is 0.163. The molecule has 0 bridgehead atoms. The monoisotopic (exact) mass is 382 g/mol. The number of benzene rings is 1. The molecule has 1 saturated heterocycles. The highest BCUT2D eigenvalue weighted by atomic mass is 32.3. The molecule has 150 valence electrons. The second-order valence-corrected chi connectivity index (χ2v) is 12.9. The first-order chi connectivity index (χ1) is 11.8. The van der Waals surface area contributed by atoms with E-state index < -0.39 is 10.3 Å². The van der Waals surface area contributed by atoms with Gasteiger partial charge in [-0.2, -0.15) is 0 Å². The highest BCUT2D eigenvalue weighted by molar-refractivity contribution is 8.29. The number of hydrogen-bond donors (Lipinski definition) is 0. The molecule has 0 aromatic heterocycles. The summed E-state index contributed by atoms with van der Waals surface area (Å²) < 4.78 is 18.7.